The lowest BCUT2D eigenvalue weighted by atomic mass is 9.88. The first kappa shape index (κ1) is 18.2. The van der Waals surface area contributed by atoms with Crippen LogP contribution in [0.25, 0.3) is 11.1 Å². The molecule has 148 valence electrons. The SMILES string of the molecule is CN1OC2(CC(c3ccccc3)Oc3ccc(-c4cccc(C#N)c4)cc32)N=C1N. The Balaban J connectivity index is 1.63. The predicted octanol–water partition coefficient (Wildman–Crippen LogP) is 4.09. The fourth-order valence-corrected chi connectivity index (χ4v) is 4.04. The third-order valence-corrected chi connectivity index (χ3v) is 5.53. The Morgan fingerprint density at radius 1 is 1.07 bits per heavy atom. The van der Waals surface area contributed by atoms with Crippen molar-refractivity contribution in [3.05, 3.63) is 89.5 Å². The summed E-state index contributed by atoms with van der Waals surface area (Å²) in [5, 5.41) is 10.7. The van der Waals surface area contributed by atoms with E-state index in [2.05, 4.69) is 6.07 Å². The maximum absolute atomic E-state index is 9.24. The number of ether oxygens (including phenoxy) is 1. The number of hydroxylamine groups is 2. The van der Waals surface area contributed by atoms with Crippen LogP contribution < -0.4 is 10.5 Å². The molecule has 30 heavy (non-hydrogen) atoms. The third kappa shape index (κ3) is 2.97. The van der Waals surface area contributed by atoms with Gasteiger partial charge in [-0.3, -0.25) is 0 Å². The van der Waals surface area contributed by atoms with Gasteiger partial charge in [-0.25, -0.2) is 14.9 Å². The van der Waals surface area contributed by atoms with Gasteiger partial charge in [-0.05, 0) is 41.0 Å². The van der Waals surface area contributed by atoms with E-state index in [1.54, 1.807) is 13.1 Å². The first-order valence-electron chi connectivity index (χ1n) is 9.73. The van der Waals surface area contributed by atoms with Crippen molar-refractivity contribution in [3.63, 3.8) is 0 Å². The molecule has 2 aliphatic heterocycles. The molecule has 0 fully saturated rings. The van der Waals surface area contributed by atoms with E-state index in [0.717, 1.165) is 22.3 Å². The highest BCUT2D eigenvalue weighted by Gasteiger charge is 2.49. The van der Waals surface area contributed by atoms with Gasteiger partial charge in [-0.1, -0.05) is 48.5 Å². The van der Waals surface area contributed by atoms with E-state index in [1.807, 2.05) is 66.7 Å². The topological polar surface area (TPSA) is 83.9 Å². The summed E-state index contributed by atoms with van der Waals surface area (Å²) in [5.41, 5.74) is 9.51. The maximum atomic E-state index is 9.24. The molecule has 3 aromatic rings. The molecule has 0 saturated carbocycles. The molecule has 2 aliphatic rings. The first-order chi connectivity index (χ1) is 14.6. The molecule has 6 nitrogen and oxygen atoms in total. The Kier molecular flexibility index (Phi) is 4.19. The fourth-order valence-electron chi connectivity index (χ4n) is 4.04. The zero-order chi connectivity index (χ0) is 20.7. The van der Waals surface area contributed by atoms with E-state index in [4.69, 9.17) is 20.3 Å². The minimum Gasteiger partial charge on any atom is -0.485 e. The molecule has 5 rings (SSSR count). The number of nitriles is 1. The fraction of sp³-hybridized carbons (Fsp3) is 0.167. The van der Waals surface area contributed by atoms with Crippen LogP contribution >= 0.6 is 0 Å². The minimum absolute atomic E-state index is 0.213. The number of nitrogens with two attached hydrogens (primary N) is 1. The highest BCUT2D eigenvalue weighted by molar-refractivity contribution is 5.79. The summed E-state index contributed by atoms with van der Waals surface area (Å²) in [5.74, 6) is 1.04. The smallest absolute Gasteiger partial charge is 0.222 e. The molecular weight excluding hydrogens is 376 g/mol. The van der Waals surface area contributed by atoms with E-state index in [1.165, 1.54) is 5.06 Å². The van der Waals surface area contributed by atoms with Crippen LogP contribution in [0.5, 0.6) is 5.75 Å². The Morgan fingerprint density at radius 2 is 1.87 bits per heavy atom. The number of fused-ring (bicyclic) bond motifs is 2. The van der Waals surface area contributed by atoms with E-state index in [9.17, 15) is 5.26 Å². The summed E-state index contributed by atoms with van der Waals surface area (Å²) in [6, 6.07) is 25.7. The van der Waals surface area contributed by atoms with E-state index < -0.39 is 5.72 Å². The molecule has 0 amide bonds. The number of rotatable bonds is 2. The van der Waals surface area contributed by atoms with E-state index in [0.29, 0.717) is 23.7 Å². The van der Waals surface area contributed by atoms with Crippen LogP contribution in [0.2, 0.25) is 0 Å². The summed E-state index contributed by atoms with van der Waals surface area (Å²) in [6.07, 6.45) is 0.283. The van der Waals surface area contributed by atoms with Crippen molar-refractivity contribution in [2.45, 2.75) is 18.2 Å². The third-order valence-electron chi connectivity index (χ3n) is 5.53. The molecule has 2 atom stereocenters. The van der Waals surface area contributed by atoms with Crippen molar-refractivity contribution in [1.29, 1.82) is 5.26 Å². The predicted molar refractivity (Wildman–Crippen MR) is 113 cm³/mol. The van der Waals surface area contributed by atoms with E-state index in [-0.39, 0.29) is 6.10 Å². The monoisotopic (exact) mass is 396 g/mol. The number of nitrogens with zero attached hydrogens (tertiary/aromatic N) is 3. The van der Waals surface area contributed by atoms with Gasteiger partial charge in [-0.2, -0.15) is 5.26 Å². The summed E-state index contributed by atoms with van der Waals surface area (Å²) >= 11 is 0. The van der Waals surface area contributed by atoms with Gasteiger partial charge in [-0.15, -0.1) is 0 Å². The molecular formula is C24H20N4O2. The van der Waals surface area contributed by atoms with Crippen molar-refractivity contribution >= 4 is 5.96 Å². The van der Waals surface area contributed by atoms with Gasteiger partial charge in [0.2, 0.25) is 11.7 Å². The molecule has 1 spiro atoms. The van der Waals surface area contributed by atoms with Gasteiger partial charge in [0.05, 0.1) is 17.2 Å². The van der Waals surface area contributed by atoms with Crippen LogP contribution in [0.1, 0.15) is 29.2 Å². The molecule has 2 unspecified atom stereocenters. The second kappa shape index (κ2) is 6.90. The van der Waals surface area contributed by atoms with Gasteiger partial charge in [0.25, 0.3) is 0 Å². The minimum atomic E-state index is -0.963. The lowest BCUT2D eigenvalue weighted by Gasteiger charge is -2.37. The molecule has 2 N–H and O–H groups in total. The Morgan fingerprint density at radius 3 is 2.60 bits per heavy atom. The van der Waals surface area contributed by atoms with Crippen molar-refractivity contribution in [3.8, 4) is 22.9 Å². The zero-order valence-corrected chi connectivity index (χ0v) is 16.4. The average Bonchev–Trinajstić information content (AvgIpc) is 3.07. The number of benzene rings is 3. The largest absolute Gasteiger partial charge is 0.485 e. The number of aliphatic imine (C=N–C) groups is 1. The quantitative estimate of drug-likeness (QED) is 0.705. The van der Waals surface area contributed by atoms with Crippen LogP contribution in [-0.2, 0) is 10.6 Å². The normalized spacial score (nSPS) is 22.2. The van der Waals surface area contributed by atoms with Gasteiger partial charge < -0.3 is 10.5 Å². The molecule has 0 aliphatic carbocycles. The lowest BCUT2D eigenvalue weighted by Crippen LogP contribution is -2.36. The number of guanidine groups is 1. The van der Waals surface area contributed by atoms with Crippen molar-refractivity contribution in [2.75, 3.05) is 7.05 Å². The second-order valence-electron chi connectivity index (χ2n) is 7.47. The standard InChI is InChI=1S/C24H20N4O2/c1-28-23(26)27-24(30-28)14-22(17-7-3-2-4-8-17)29-21-11-10-19(13-20(21)24)18-9-5-6-16(12-18)15-25/h2-13,22H,14H2,1H3,(H2,26,27). The average molecular weight is 396 g/mol. The molecule has 6 heteroatoms. The van der Waals surface area contributed by atoms with Crippen molar-refractivity contribution in [1.82, 2.24) is 5.06 Å². The summed E-state index contributed by atoms with van der Waals surface area (Å²) in [4.78, 5) is 10.9. The van der Waals surface area contributed by atoms with Gasteiger partial charge in [0, 0.05) is 13.5 Å². The Hall–Kier alpha value is -3.82. The molecule has 0 radical (unpaired) electrons. The molecule has 0 bridgehead atoms. The highest BCUT2D eigenvalue weighted by Crippen LogP contribution is 2.50. The van der Waals surface area contributed by atoms with Crippen LogP contribution in [-0.4, -0.2) is 18.1 Å². The lowest BCUT2D eigenvalue weighted by molar-refractivity contribution is -0.191. The summed E-state index contributed by atoms with van der Waals surface area (Å²) in [7, 11) is 1.75. The van der Waals surface area contributed by atoms with Crippen LogP contribution in [0.3, 0.4) is 0 Å². The van der Waals surface area contributed by atoms with E-state index >= 15 is 0 Å². The highest BCUT2D eigenvalue weighted by atomic mass is 16.7. The van der Waals surface area contributed by atoms with Crippen LogP contribution in [0.15, 0.2) is 77.8 Å². The molecule has 3 aromatic carbocycles. The molecule has 2 heterocycles. The maximum Gasteiger partial charge on any atom is 0.222 e. The summed E-state index contributed by atoms with van der Waals surface area (Å²) < 4.78 is 6.35. The number of hydrogen-bond acceptors (Lipinski definition) is 6. The zero-order valence-electron chi connectivity index (χ0n) is 16.4. The summed E-state index contributed by atoms with van der Waals surface area (Å²) in [6.45, 7) is 0. The Labute approximate surface area is 174 Å². The van der Waals surface area contributed by atoms with Crippen LogP contribution in [0.4, 0.5) is 0 Å². The van der Waals surface area contributed by atoms with Gasteiger partial charge in [0.15, 0.2) is 0 Å². The van der Waals surface area contributed by atoms with Crippen LogP contribution in [0, 0.1) is 11.3 Å². The van der Waals surface area contributed by atoms with Gasteiger partial charge >= 0.3 is 0 Å². The second-order valence-corrected chi connectivity index (χ2v) is 7.47. The van der Waals surface area contributed by atoms with Gasteiger partial charge in [0.1, 0.15) is 11.9 Å². The van der Waals surface area contributed by atoms with Crippen molar-refractivity contribution < 1.29 is 9.57 Å². The molecule has 0 aromatic heterocycles. The Bertz CT molecular complexity index is 1190. The van der Waals surface area contributed by atoms with Crippen molar-refractivity contribution in [2.24, 2.45) is 10.7 Å². The number of hydrogen-bond donors (Lipinski definition) is 1. The molecule has 0 saturated heterocycles. The first-order valence-corrected chi connectivity index (χ1v) is 9.73.